The lowest BCUT2D eigenvalue weighted by Crippen LogP contribution is -2.43. The maximum absolute atomic E-state index is 12.1. The van der Waals surface area contributed by atoms with Crippen LogP contribution in [-0.4, -0.2) is 47.3 Å². The Balaban J connectivity index is 1.75. The van der Waals surface area contributed by atoms with Gasteiger partial charge in [0.25, 0.3) is 5.91 Å². The Hall–Kier alpha value is -2.05. The van der Waals surface area contributed by atoms with Crippen LogP contribution in [0.15, 0.2) is 10.6 Å². The van der Waals surface area contributed by atoms with Crippen molar-refractivity contribution in [3.8, 4) is 0 Å². The third kappa shape index (κ3) is 5.54. The van der Waals surface area contributed by atoms with E-state index in [1.54, 1.807) is 17.9 Å². The van der Waals surface area contributed by atoms with Gasteiger partial charge in [-0.15, -0.1) is 0 Å². The van der Waals surface area contributed by atoms with Crippen LogP contribution in [0.25, 0.3) is 0 Å². The van der Waals surface area contributed by atoms with Crippen LogP contribution in [0.2, 0.25) is 0 Å². The number of piperidine rings is 1. The summed E-state index contributed by atoms with van der Waals surface area (Å²) >= 11 is 0. The molecule has 1 N–H and O–H groups in total. The fourth-order valence-electron chi connectivity index (χ4n) is 2.74. The lowest BCUT2D eigenvalue weighted by atomic mass is 9.95. The second kappa shape index (κ2) is 7.68. The fourth-order valence-corrected chi connectivity index (χ4v) is 2.74. The minimum Gasteiger partial charge on any atom is -0.444 e. The van der Waals surface area contributed by atoms with Crippen molar-refractivity contribution in [1.29, 1.82) is 0 Å². The molecule has 0 unspecified atom stereocenters. The van der Waals surface area contributed by atoms with E-state index in [9.17, 15) is 9.59 Å². The third-order valence-electron chi connectivity index (χ3n) is 3.86. The second-order valence-corrected chi connectivity index (χ2v) is 7.31. The first-order valence-electron chi connectivity index (χ1n) is 8.44. The van der Waals surface area contributed by atoms with Gasteiger partial charge in [0.15, 0.2) is 0 Å². The maximum Gasteiger partial charge on any atom is 0.410 e. The number of amides is 2. The van der Waals surface area contributed by atoms with Crippen molar-refractivity contribution in [2.24, 2.45) is 5.92 Å². The summed E-state index contributed by atoms with van der Waals surface area (Å²) in [7, 11) is 0. The van der Waals surface area contributed by atoms with Crippen molar-refractivity contribution in [2.45, 2.75) is 52.6 Å². The molecule has 0 saturated carbocycles. The molecule has 1 aliphatic heterocycles. The van der Waals surface area contributed by atoms with Crippen LogP contribution < -0.4 is 5.32 Å². The Bertz CT molecular complexity index is 577. The van der Waals surface area contributed by atoms with Crippen LogP contribution in [0.1, 0.15) is 56.3 Å². The van der Waals surface area contributed by atoms with E-state index in [1.165, 1.54) is 0 Å². The van der Waals surface area contributed by atoms with Gasteiger partial charge in [0.2, 0.25) is 5.76 Å². The van der Waals surface area contributed by atoms with Gasteiger partial charge in [-0.2, -0.15) is 0 Å². The van der Waals surface area contributed by atoms with Crippen molar-refractivity contribution in [3.63, 3.8) is 0 Å². The number of hydrogen-bond acceptors (Lipinski definition) is 5. The molecule has 1 aliphatic rings. The molecule has 24 heavy (non-hydrogen) atoms. The van der Waals surface area contributed by atoms with Gasteiger partial charge in [0, 0.05) is 25.7 Å². The molecule has 0 aliphatic carbocycles. The second-order valence-electron chi connectivity index (χ2n) is 7.31. The monoisotopic (exact) mass is 337 g/mol. The van der Waals surface area contributed by atoms with E-state index in [0.29, 0.717) is 24.7 Å². The highest BCUT2D eigenvalue weighted by atomic mass is 16.6. The number of hydrogen-bond donors (Lipinski definition) is 1. The van der Waals surface area contributed by atoms with E-state index in [4.69, 9.17) is 9.26 Å². The number of aromatic nitrogens is 1. The van der Waals surface area contributed by atoms with Crippen molar-refractivity contribution in [2.75, 3.05) is 19.6 Å². The van der Waals surface area contributed by atoms with Gasteiger partial charge >= 0.3 is 6.09 Å². The highest BCUT2D eigenvalue weighted by molar-refractivity contribution is 5.91. The highest BCUT2D eigenvalue weighted by Crippen LogP contribution is 2.21. The number of rotatable bonds is 4. The number of carbonyl (C=O) groups excluding carboxylic acids is 2. The predicted molar refractivity (Wildman–Crippen MR) is 88.7 cm³/mol. The van der Waals surface area contributed by atoms with E-state index in [-0.39, 0.29) is 17.8 Å². The summed E-state index contributed by atoms with van der Waals surface area (Å²) in [5, 5.41) is 6.53. The van der Waals surface area contributed by atoms with Gasteiger partial charge in [-0.1, -0.05) is 5.16 Å². The third-order valence-corrected chi connectivity index (χ3v) is 3.86. The Morgan fingerprint density at radius 3 is 2.83 bits per heavy atom. The summed E-state index contributed by atoms with van der Waals surface area (Å²) in [5.41, 5.74) is 0.202. The molecule has 1 fully saturated rings. The first kappa shape index (κ1) is 18.3. The molecule has 7 heteroatoms. The van der Waals surface area contributed by atoms with E-state index in [1.807, 2.05) is 20.8 Å². The highest BCUT2D eigenvalue weighted by Gasteiger charge is 2.27. The van der Waals surface area contributed by atoms with Gasteiger partial charge in [0.05, 0.1) is 5.69 Å². The summed E-state index contributed by atoms with van der Waals surface area (Å²) in [6.45, 7) is 9.33. The number of nitrogens with one attached hydrogen (secondary N) is 1. The molecule has 1 atom stereocenters. The summed E-state index contributed by atoms with van der Waals surface area (Å²) in [5.74, 6) is 0.338. The normalized spacial score (nSPS) is 18.3. The molecule has 2 amide bonds. The van der Waals surface area contributed by atoms with Gasteiger partial charge in [-0.05, 0) is 52.9 Å². The standard InChI is InChI=1S/C17H27N3O4/c1-12-10-14(24-19-12)15(21)18-8-7-13-6-5-9-20(11-13)16(22)23-17(2,3)4/h10,13H,5-9,11H2,1-4H3,(H,18,21)/t13-/m1/s1. The number of likely N-dealkylation sites (tertiary alicyclic amines) is 1. The number of carbonyl (C=O) groups is 2. The molecule has 0 spiro atoms. The minimum absolute atomic E-state index is 0.228. The topological polar surface area (TPSA) is 84.7 Å². The fraction of sp³-hybridized carbons (Fsp3) is 0.706. The van der Waals surface area contributed by atoms with Crippen LogP contribution in [-0.2, 0) is 4.74 Å². The zero-order valence-corrected chi connectivity index (χ0v) is 14.9. The summed E-state index contributed by atoms with van der Waals surface area (Å²) in [4.78, 5) is 25.8. The zero-order chi connectivity index (χ0) is 17.7. The molecule has 2 rings (SSSR count). The minimum atomic E-state index is -0.479. The van der Waals surface area contributed by atoms with E-state index in [2.05, 4.69) is 10.5 Å². The van der Waals surface area contributed by atoms with Crippen LogP contribution >= 0.6 is 0 Å². The number of aryl methyl sites for hydroxylation is 1. The Kier molecular flexibility index (Phi) is 5.85. The number of nitrogens with zero attached hydrogens (tertiary/aromatic N) is 2. The zero-order valence-electron chi connectivity index (χ0n) is 14.9. The van der Waals surface area contributed by atoms with Crippen molar-refractivity contribution >= 4 is 12.0 Å². The molecular weight excluding hydrogens is 310 g/mol. The lowest BCUT2D eigenvalue weighted by molar-refractivity contribution is 0.0161. The van der Waals surface area contributed by atoms with Crippen molar-refractivity contribution in [1.82, 2.24) is 15.4 Å². The van der Waals surface area contributed by atoms with Gasteiger partial charge < -0.3 is 19.5 Å². The Labute approximate surface area is 142 Å². The first-order chi connectivity index (χ1) is 11.2. The van der Waals surface area contributed by atoms with Crippen LogP contribution in [0.4, 0.5) is 4.79 Å². The molecule has 0 aromatic carbocycles. The molecule has 1 aromatic rings. The van der Waals surface area contributed by atoms with E-state index >= 15 is 0 Å². The molecule has 2 heterocycles. The van der Waals surface area contributed by atoms with Gasteiger partial charge in [-0.25, -0.2) is 4.79 Å². The molecule has 1 saturated heterocycles. The molecule has 7 nitrogen and oxygen atoms in total. The van der Waals surface area contributed by atoms with Crippen LogP contribution in [0.3, 0.4) is 0 Å². The molecule has 134 valence electrons. The molecule has 0 radical (unpaired) electrons. The number of ether oxygens (including phenoxy) is 1. The van der Waals surface area contributed by atoms with E-state index in [0.717, 1.165) is 25.8 Å². The smallest absolute Gasteiger partial charge is 0.410 e. The summed E-state index contributed by atoms with van der Waals surface area (Å²) in [6.07, 6.45) is 2.57. The van der Waals surface area contributed by atoms with Crippen LogP contribution in [0.5, 0.6) is 0 Å². The van der Waals surface area contributed by atoms with Crippen molar-refractivity contribution < 1.29 is 18.8 Å². The maximum atomic E-state index is 12.1. The average Bonchev–Trinajstić information content (AvgIpc) is 2.92. The first-order valence-corrected chi connectivity index (χ1v) is 8.44. The van der Waals surface area contributed by atoms with Crippen molar-refractivity contribution in [3.05, 3.63) is 17.5 Å². The van der Waals surface area contributed by atoms with Crippen LogP contribution in [0, 0.1) is 12.8 Å². The van der Waals surface area contributed by atoms with Gasteiger partial charge in [-0.3, -0.25) is 4.79 Å². The SMILES string of the molecule is Cc1cc(C(=O)NCC[C@H]2CCCN(C(=O)OC(C)(C)C)C2)on1. The molecular formula is C17H27N3O4. The largest absolute Gasteiger partial charge is 0.444 e. The summed E-state index contributed by atoms with van der Waals surface area (Å²) in [6, 6.07) is 1.61. The quantitative estimate of drug-likeness (QED) is 0.913. The predicted octanol–water partition coefficient (Wildman–Crippen LogP) is 2.75. The summed E-state index contributed by atoms with van der Waals surface area (Å²) < 4.78 is 10.4. The molecule has 0 bridgehead atoms. The average molecular weight is 337 g/mol. The Morgan fingerprint density at radius 1 is 1.46 bits per heavy atom. The van der Waals surface area contributed by atoms with Gasteiger partial charge in [0.1, 0.15) is 5.60 Å². The lowest BCUT2D eigenvalue weighted by Gasteiger charge is -2.34. The van der Waals surface area contributed by atoms with E-state index < -0.39 is 5.60 Å². The Morgan fingerprint density at radius 2 is 2.21 bits per heavy atom. The molecule has 1 aromatic heterocycles.